The third-order valence-electron chi connectivity index (χ3n) is 5.87. The van der Waals surface area contributed by atoms with E-state index in [4.69, 9.17) is 9.68 Å². The molecule has 0 amide bonds. The number of benzene rings is 1. The molecule has 1 aliphatic heterocycles. The van der Waals surface area contributed by atoms with E-state index in [0.717, 1.165) is 17.6 Å². The highest BCUT2D eigenvalue weighted by molar-refractivity contribution is 5.85. The van der Waals surface area contributed by atoms with Gasteiger partial charge in [0.15, 0.2) is 0 Å². The van der Waals surface area contributed by atoms with Crippen LogP contribution in [0.1, 0.15) is 23.4 Å². The average molecular weight is 443 g/mol. The number of hydrogen-bond donors (Lipinski definition) is 1. The zero-order chi connectivity index (χ0) is 22.8. The second-order valence-corrected chi connectivity index (χ2v) is 7.83. The first kappa shape index (κ1) is 20.5. The number of nitrogens with zero attached hydrogens (tertiary/aromatic N) is 6. The summed E-state index contributed by atoms with van der Waals surface area (Å²) >= 11 is 0. The van der Waals surface area contributed by atoms with Gasteiger partial charge in [-0.05, 0) is 30.2 Å². The van der Waals surface area contributed by atoms with Gasteiger partial charge in [-0.25, -0.2) is 9.97 Å². The molecule has 0 fully saturated rings. The Morgan fingerprint density at radius 1 is 1.27 bits per heavy atom. The number of hydrogen-bond acceptors (Lipinski definition) is 8. The zero-order valence-corrected chi connectivity index (χ0v) is 17.8. The summed E-state index contributed by atoms with van der Waals surface area (Å²) in [6.45, 7) is 1.62. The largest absolute Gasteiger partial charge is 0.467 e. The van der Waals surface area contributed by atoms with Crippen molar-refractivity contribution in [3.63, 3.8) is 0 Å². The quantitative estimate of drug-likeness (QED) is 0.336. The highest BCUT2D eigenvalue weighted by Gasteiger charge is 2.32. The maximum Gasteiger partial charge on any atom is 0.353 e. The Labute approximate surface area is 189 Å². The highest BCUT2D eigenvalue weighted by atomic mass is 16.6. The van der Waals surface area contributed by atoms with Gasteiger partial charge >= 0.3 is 5.69 Å². The van der Waals surface area contributed by atoms with Crippen molar-refractivity contribution < 1.29 is 9.34 Å². The molecular weight excluding hydrogens is 422 g/mol. The fourth-order valence-electron chi connectivity index (χ4n) is 4.40. The number of para-hydroxylation sites is 1. The van der Waals surface area contributed by atoms with Crippen LogP contribution in [0.15, 0.2) is 53.4 Å². The van der Waals surface area contributed by atoms with Crippen LogP contribution < -0.4 is 9.80 Å². The minimum atomic E-state index is -0.438. The van der Waals surface area contributed by atoms with Crippen LogP contribution in [-0.4, -0.2) is 33.0 Å². The van der Waals surface area contributed by atoms with Gasteiger partial charge < -0.3 is 19.2 Å². The van der Waals surface area contributed by atoms with E-state index in [1.165, 1.54) is 17.3 Å². The van der Waals surface area contributed by atoms with Gasteiger partial charge in [-0.15, -0.1) is 0 Å². The molecule has 4 heterocycles. The van der Waals surface area contributed by atoms with Crippen molar-refractivity contribution in [2.24, 2.45) is 0 Å². The third-order valence-corrected chi connectivity index (χ3v) is 5.87. The summed E-state index contributed by atoms with van der Waals surface area (Å²) < 4.78 is 5.43. The number of H-pyrrole nitrogens is 1. The number of nitro groups is 1. The van der Waals surface area contributed by atoms with Crippen molar-refractivity contribution in [1.82, 2.24) is 15.0 Å². The van der Waals surface area contributed by atoms with Crippen molar-refractivity contribution in [1.29, 1.82) is 5.26 Å². The van der Waals surface area contributed by atoms with E-state index < -0.39 is 4.92 Å². The van der Waals surface area contributed by atoms with Gasteiger partial charge in [-0.2, -0.15) is 5.26 Å². The molecule has 1 aromatic carbocycles. The first-order chi connectivity index (χ1) is 16.2. The van der Waals surface area contributed by atoms with E-state index in [0.29, 0.717) is 18.8 Å². The summed E-state index contributed by atoms with van der Waals surface area (Å²) in [5.41, 5.74) is 3.17. The van der Waals surface area contributed by atoms with E-state index in [1.54, 1.807) is 23.3 Å². The number of nitrogens with one attached hydrogen (secondary N) is 1. The van der Waals surface area contributed by atoms with Crippen LogP contribution >= 0.6 is 0 Å². The minimum Gasteiger partial charge on any atom is -0.467 e. The van der Waals surface area contributed by atoms with Gasteiger partial charge in [0.1, 0.15) is 12.1 Å². The molecule has 1 aliphatic rings. The lowest BCUT2D eigenvalue weighted by molar-refractivity contribution is -0.383. The third kappa shape index (κ3) is 3.85. The molecule has 0 saturated heterocycles. The fraction of sp³-hybridized carbons (Fsp3) is 0.261. The maximum atomic E-state index is 12.2. The summed E-state index contributed by atoms with van der Waals surface area (Å²) in [7, 11) is 0. The second kappa shape index (κ2) is 8.63. The zero-order valence-electron chi connectivity index (χ0n) is 17.8. The SMILES string of the molecule is N#CCCN(Cc1ccco1)c1ncnc(N2CCc3c([nH]c4ccccc34)C2)c1[N+](=O)[O-]. The summed E-state index contributed by atoms with van der Waals surface area (Å²) in [5.74, 6) is 1.08. The van der Waals surface area contributed by atoms with Crippen LogP contribution in [0.4, 0.5) is 17.3 Å². The Kier molecular flexibility index (Phi) is 5.36. The van der Waals surface area contributed by atoms with Gasteiger partial charge in [0.2, 0.25) is 11.6 Å². The first-order valence-corrected chi connectivity index (χ1v) is 10.6. The molecule has 0 unspecified atom stereocenters. The molecule has 166 valence electrons. The van der Waals surface area contributed by atoms with E-state index in [1.807, 2.05) is 23.1 Å². The molecule has 10 heteroatoms. The van der Waals surface area contributed by atoms with Crippen molar-refractivity contribution >= 4 is 28.2 Å². The van der Waals surface area contributed by atoms with Crippen LogP contribution in [-0.2, 0) is 19.5 Å². The molecule has 10 nitrogen and oxygen atoms in total. The van der Waals surface area contributed by atoms with Crippen molar-refractivity contribution in [3.05, 3.63) is 76.1 Å². The van der Waals surface area contributed by atoms with Crippen LogP contribution in [0.2, 0.25) is 0 Å². The van der Waals surface area contributed by atoms with Crippen LogP contribution in [0.5, 0.6) is 0 Å². The standard InChI is InChI=1S/C23H21N7O3/c24-9-4-10-28(13-16-5-3-12-33-16)22-21(30(31)32)23(26-15-25-22)29-11-8-18-17-6-1-2-7-19(17)27-20(18)14-29/h1-3,5-7,12,15,27H,4,8,10-11,13-14H2. The Morgan fingerprint density at radius 3 is 2.94 bits per heavy atom. The second-order valence-electron chi connectivity index (χ2n) is 7.83. The number of aromatic nitrogens is 3. The molecule has 33 heavy (non-hydrogen) atoms. The normalized spacial score (nSPS) is 13.0. The molecule has 1 N–H and O–H groups in total. The van der Waals surface area contributed by atoms with Crippen LogP contribution in [0.25, 0.3) is 10.9 Å². The smallest absolute Gasteiger partial charge is 0.353 e. The first-order valence-electron chi connectivity index (χ1n) is 10.6. The van der Waals surface area contributed by atoms with Crippen LogP contribution in [0, 0.1) is 21.4 Å². The highest BCUT2D eigenvalue weighted by Crippen LogP contribution is 2.38. The Balaban J connectivity index is 1.52. The maximum absolute atomic E-state index is 12.2. The van der Waals surface area contributed by atoms with Crippen molar-refractivity contribution in [2.45, 2.75) is 25.9 Å². The summed E-state index contributed by atoms with van der Waals surface area (Å²) in [4.78, 5) is 27.4. The predicted octanol–water partition coefficient (Wildman–Crippen LogP) is 3.94. The van der Waals surface area contributed by atoms with Crippen molar-refractivity contribution in [2.75, 3.05) is 22.9 Å². The molecule has 5 rings (SSSR count). The van der Waals surface area contributed by atoms with Gasteiger partial charge in [0.25, 0.3) is 0 Å². The molecule has 0 aliphatic carbocycles. The number of furan rings is 1. The number of anilines is 2. The lowest BCUT2D eigenvalue weighted by Crippen LogP contribution is -2.32. The lowest BCUT2D eigenvalue weighted by Gasteiger charge is -2.29. The monoisotopic (exact) mass is 443 g/mol. The summed E-state index contributed by atoms with van der Waals surface area (Å²) in [6, 6.07) is 13.8. The van der Waals surface area contributed by atoms with E-state index >= 15 is 0 Å². The molecular formula is C23H21N7O3. The van der Waals surface area contributed by atoms with Gasteiger partial charge in [0.05, 0.1) is 36.8 Å². The van der Waals surface area contributed by atoms with Crippen LogP contribution in [0.3, 0.4) is 0 Å². The Morgan fingerprint density at radius 2 is 2.15 bits per heavy atom. The minimum absolute atomic E-state index is 0.165. The summed E-state index contributed by atoms with van der Waals surface area (Å²) in [5, 5.41) is 22.5. The molecule has 0 atom stereocenters. The van der Waals surface area contributed by atoms with E-state index in [2.05, 4.69) is 27.1 Å². The molecule has 0 saturated carbocycles. The van der Waals surface area contributed by atoms with Gasteiger partial charge in [0, 0.05) is 29.7 Å². The van der Waals surface area contributed by atoms with E-state index in [9.17, 15) is 10.1 Å². The average Bonchev–Trinajstić information content (AvgIpc) is 3.48. The molecule has 0 bridgehead atoms. The molecule has 3 aromatic heterocycles. The number of aromatic amines is 1. The van der Waals surface area contributed by atoms with Crippen molar-refractivity contribution in [3.8, 4) is 6.07 Å². The lowest BCUT2D eigenvalue weighted by atomic mass is 10.0. The topological polar surface area (TPSA) is 128 Å². The van der Waals surface area contributed by atoms with E-state index in [-0.39, 0.29) is 36.8 Å². The number of fused-ring (bicyclic) bond motifs is 3. The Hall–Kier alpha value is -4.39. The van der Waals surface area contributed by atoms with Gasteiger partial charge in [-0.3, -0.25) is 10.1 Å². The number of rotatable bonds is 7. The Bertz CT molecular complexity index is 1340. The fourth-order valence-corrected chi connectivity index (χ4v) is 4.40. The molecule has 0 radical (unpaired) electrons. The van der Waals surface area contributed by atoms with Gasteiger partial charge in [-0.1, -0.05) is 18.2 Å². The predicted molar refractivity (Wildman–Crippen MR) is 122 cm³/mol. The number of nitriles is 1. The summed E-state index contributed by atoms with van der Waals surface area (Å²) in [6.07, 6.45) is 3.84. The molecule has 0 spiro atoms. The molecule has 4 aromatic rings.